The van der Waals surface area contributed by atoms with Crippen molar-refractivity contribution >= 4 is 34.8 Å². The van der Waals surface area contributed by atoms with E-state index in [1.807, 2.05) is 6.92 Å². The molecule has 4 nitrogen and oxygen atoms in total. The monoisotopic (exact) mass is 263 g/mol. The van der Waals surface area contributed by atoms with E-state index in [-0.39, 0.29) is 0 Å². The van der Waals surface area contributed by atoms with Gasteiger partial charge in [-0.2, -0.15) is 0 Å². The van der Waals surface area contributed by atoms with Crippen LogP contribution in [0.2, 0.25) is 10.0 Å². The van der Waals surface area contributed by atoms with E-state index >= 15 is 0 Å². The Morgan fingerprint density at radius 1 is 1.38 bits per heavy atom. The highest BCUT2D eigenvalue weighted by Gasteiger charge is 2.09. The van der Waals surface area contributed by atoms with Gasteiger partial charge >= 0.3 is 0 Å². The van der Waals surface area contributed by atoms with Crippen LogP contribution in [0.4, 0.5) is 11.6 Å². The van der Waals surface area contributed by atoms with Gasteiger partial charge in [0.2, 0.25) is 0 Å². The Morgan fingerprint density at radius 3 is 2.56 bits per heavy atom. The van der Waals surface area contributed by atoms with Gasteiger partial charge < -0.3 is 15.7 Å². The van der Waals surface area contributed by atoms with E-state index in [1.54, 1.807) is 13.1 Å². The molecule has 1 aromatic rings. The summed E-state index contributed by atoms with van der Waals surface area (Å²) in [5.41, 5.74) is 0. The van der Waals surface area contributed by atoms with E-state index in [1.165, 1.54) is 0 Å². The maximum absolute atomic E-state index is 9.42. The van der Waals surface area contributed by atoms with E-state index in [0.29, 0.717) is 34.6 Å². The number of hydrogen-bond acceptors (Lipinski definition) is 4. The van der Waals surface area contributed by atoms with Crippen molar-refractivity contribution in [3.8, 4) is 0 Å². The molecule has 0 amide bonds. The van der Waals surface area contributed by atoms with Gasteiger partial charge in [0.1, 0.15) is 11.6 Å². The first-order chi connectivity index (χ1) is 7.58. The van der Waals surface area contributed by atoms with Crippen molar-refractivity contribution in [2.24, 2.45) is 0 Å². The third-order valence-electron chi connectivity index (χ3n) is 2.14. The lowest BCUT2D eigenvalue weighted by Crippen LogP contribution is -2.19. The molecular formula is C10H15Cl2N3O. The third kappa shape index (κ3) is 3.40. The molecule has 0 bridgehead atoms. The highest BCUT2D eigenvalue weighted by molar-refractivity contribution is 6.37. The smallest absolute Gasteiger partial charge is 0.147 e. The summed E-state index contributed by atoms with van der Waals surface area (Å²) in [7, 11) is 1.73. The van der Waals surface area contributed by atoms with Crippen LogP contribution in [0.15, 0.2) is 6.07 Å². The van der Waals surface area contributed by atoms with E-state index in [0.717, 1.165) is 0 Å². The first-order valence-electron chi connectivity index (χ1n) is 5.04. The summed E-state index contributed by atoms with van der Waals surface area (Å²) in [4.78, 5) is 4.20. The molecule has 0 saturated heterocycles. The average Bonchev–Trinajstić information content (AvgIpc) is 2.27. The molecule has 0 aliphatic carbocycles. The maximum Gasteiger partial charge on any atom is 0.147 e. The van der Waals surface area contributed by atoms with Crippen LogP contribution in [0.5, 0.6) is 0 Å². The summed E-state index contributed by atoms with van der Waals surface area (Å²) in [5, 5.41) is 16.2. The van der Waals surface area contributed by atoms with Gasteiger partial charge in [-0.25, -0.2) is 4.98 Å². The van der Waals surface area contributed by atoms with E-state index in [2.05, 4.69) is 15.6 Å². The second kappa shape index (κ2) is 6.13. The largest absolute Gasteiger partial charge is 0.391 e. The van der Waals surface area contributed by atoms with Gasteiger partial charge in [0.25, 0.3) is 0 Å². The predicted octanol–water partition coefficient (Wildman–Crippen LogP) is 2.61. The number of pyridine rings is 1. The van der Waals surface area contributed by atoms with E-state index in [4.69, 9.17) is 23.2 Å². The standard InChI is InChI=1S/C10H15Cl2N3O/c1-3-6(16)5-14-10-8(12)4-7(11)9(13-2)15-10/h4,6,16H,3,5H2,1-2H3,(H2,13,14,15). The highest BCUT2D eigenvalue weighted by atomic mass is 35.5. The number of rotatable bonds is 5. The molecule has 1 heterocycles. The third-order valence-corrected chi connectivity index (χ3v) is 2.72. The van der Waals surface area contributed by atoms with Crippen LogP contribution < -0.4 is 10.6 Å². The lowest BCUT2D eigenvalue weighted by Gasteiger charge is -2.13. The second-order valence-corrected chi connectivity index (χ2v) is 4.16. The minimum Gasteiger partial charge on any atom is -0.391 e. The Hall–Kier alpha value is -0.710. The molecule has 0 fully saturated rings. The minimum atomic E-state index is -0.411. The number of nitrogens with one attached hydrogen (secondary N) is 2. The number of aliphatic hydroxyl groups is 1. The van der Waals surface area contributed by atoms with E-state index < -0.39 is 6.10 Å². The van der Waals surface area contributed by atoms with Crippen LogP contribution in [0.1, 0.15) is 13.3 Å². The normalized spacial score (nSPS) is 12.3. The summed E-state index contributed by atoms with van der Waals surface area (Å²) in [5.74, 6) is 1.07. The number of halogens is 2. The van der Waals surface area contributed by atoms with Crippen LogP contribution in [0, 0.1) is 0 Å². The van der Waals surface area contributed by atoms with Crippen molar-refractivity contribution in [2.45, 2.75) is 19.4 Å². The topological polar surface area (TPSA) is 57.2 Å². The Bertz CT molecular complexity index is 360. The van der Waals surface area contributed by atoms with Crippen molar-refractivity contribution in [1.82, 2.24) is 4.98 Å². The van der Waals surface area contributed by atoms with Gasteiger partial charge in [-0.1, -0.05) is 30.1 Å². The van der Waals surface area contributed by atoms with Gasteiger partial charge in [0.05, 0.1) is 16.1 Å². The molecule has 0 spiro atoms. The lowest BCUT2D eigenvalue weighted by atomic mass is 10.3. The van der Waals surface area contributed by atoms with Crippen LogP contribution in [-0.2, 0) is 0 Å². The molecule has 0 aliphatic rings. The van der Waals surface area contributed by atoms with E-state index in [9.17, 15) is 5.11 Å². The number of aromatic nitrogens is 1. The molecule has 90 valence electrons. The summed E-state index contributed by atoms with van der Waals surface area (Å²) >= 11 is 11.9. The zero-order valence-electron chi connectivity index (χ0n) is 9.22. The molecule has 3 N–H and O–H groups in total. The Labute approximate surface area is 105 Å². The predicted molar refractivity (Wildman–Crippen MR) is 68.6 cm³/mol. The van der Waals surface area contributed by atoms with Crippen molar-refractivity contribution in [3.05, 3.63) is 16.1 Å². The van der Waals surface area contributed by atoms with Crippen molar-refractivity contribution in [2.75, 3.05) is 24.2 Å². The number of anilines is 2. The summed E-state index contributed by atoms with van der Waals surface area (Å²) in [6.45, 7) is 2.32. The van der Waals surface area contributed by atoms with Crippen molar-refractivity contribution in [1.29, 1.82) is 0 Å². The van der Waals surface area contributed by atoms with Gasteiger partial charge in [0, 0.05) is 13.6 Å². The number of nitrogens with zero attached hydrogens (tertiary/aromatic N) is 1. The maximum atomic E-state index is 9.42. The SMILES string of the molecule is CCC(O)CNc1nc(NC)c(Cl)cc1Cl. The molecule has 0 aromatic carbocycles. The first-order valence-corrected chi connectivity index (χ1v) is 5.79. The highest BCUT2D eigenvalue weighted by Crippen LogP contribution is 2.28. The van der Waals surface area contributed by atoms with Gasteiger partial charge in [0.15, 0.2) is 0 Å². The molecule has 0 radical (unpaired) electrons. The molecule has 0 saturated carbocycles. The summed E-state index contributed by atoms with van der Waals surface area (Å²) < 4.78 is 0. The molecule has 1 atom stereocenters. The zero-order chi connectivity index (χ0) is 12.1. The summed E-state index contributed by atoms with van der Waals surface area (Å²) in [6.07, 6.45) is 0.267. The quantitative estimate of drug-likeness (QED) is 0.765. The molecule has 0 aliphatic heterocycles. The fourth-order valence-electron chi connectivity index (χ4n) is 1.12. The van der Waals surface area contributed by atoms with Crippen LogP contribution in [-0.4, -0.2) is 29.8 Å². The number of hydrogen-bond donors (Lipinski definition) is 3. The number of aliphatic hydroxyl groups excluding tert-OH is 1. The molecule has 6 heteroatoms. The molecule has 1 rings (SSSR count). The molecule has 16 heavy (non-hydrogen) atoms. The van der Waals surface area contributed by atoms with Crippen molar-refractivity contribution < 1.29 is 5.11 Å². The average molecular weight is 264 g/mol. The van der Waals surface area contributed by atoms with Crippen LogP contribution >= 0.6 is 23.2 Å². The second-order valence-electron chi connectivity index (χ2n) is 3.34. The fourth-order valence-corrected chi connectivity index (χ4v) is 1.64. The molecule has 1 aromatic heterocycles. The van der Waals surface area contributed by atoms with Gasteiger partial charge in [-0.3, -0.25) is 0 Å². The van der Waals surface area contributed by atoms with Crippen molar-refractivity contribution in [3.63, 3.8) is 0 Å². The van der Waals surface area contributed by atoms with Crippen LogP contribution in [0.3, 0.4) is 0 Å². The minimum absolute atomic E-state index is 0.411. The van der Waals surface area contributed by atoms with Gasteiger partial charge in [-0.15, -0.1) is 0 Å². The Kier molecular flexibility index (Phi) is 5.12. The zero-order valence-corrected chi connectivity index (χ0v) is 10.7. The Morgan fingerprint density at radius 2 is 2.00 bits per heavy atom. The Balaban J connectivity index is 2.79. The first kappa shape index (κ1) is 13.4. The van der Waals surface area contributed by atoms with Gasteiger partial charge in [-0.05, 0) is 12.5 Å². The lowest BCUT2D eigenvalue weighted by molar-refractivity contribution is 0.183. The molecule has 1 unspecified atom stereocenters. The fraction of sp³-hybridized carbons (Fsp3) is 0.500. The van der Waals surface area contributed by atoms with Crippen LogP contribution in [0.25, 0.3) is 0 Å². The summed E-state index contributed by atoms with van der Waals surface area (Å²) in [6, 6.07) is 1.61. The molecular weight excluding hydrogens is 249 g/mol.